The van der Waals surface area contributed by atoms with Crippen molar-refractivity contribution in [1.29, 1.82) is 0 Å². The molecule has 0 radical (unpaired) electrons. The number of carbonyl (C=O) groups excluding carboxylic acids is 1. The Balaban J connectivity index is 1.37. The predicted molar refractivity (Wildman–Crippen MR) is 102 cm³/mol. The van der Waals surface area contributed by atoms with Gasteiger partial charge in [0.25, 0.3) is 0 Å². The maximum absolute atomic E-state index is 11.6. The summed E-state index contributed by atoms with van der Waals surface area (Å²) in [4.78, 5) is 11.6. The Morgan fingerprint density at radius 2 is 1.75 bits per heavy atom. The number of unbranched alkanes of at least 4 members (excludes halogenated alkanes) is 4. The summed E-state index contributed by atoms with van der Waals surface area (Å²) in [5, 5.41) is 0. The summed E-state index contributed by atoms with van der Waals surface area (Å²) in [6.07, 6.45) is 22.5. The SMILES string of the molecule is CCCCCCCC1CCC(C2CC=C3CC(=O)CCC3C2)CC1. The molecule has 0 aromatic rings. The fraction of sp³-hybridized carbons (Fsp3) is 0.870. The van der Waals surface area contributed by atoms with Crippen molar-refractivity contribution in [1.82, 2.24) is 0 Å². The molecule has 3 aliphatic rings. The predicted octanol–water partition coefficient (Wildman–Crippen LogP) is 6.86. The van der Waals surface area contributed by atoms with Crippen LogP contribution >= 0.6 is 0 Å². The third kappa shape index (κ3) is 4.96. The van der Waals surface area contributed by atoms with Crippen LogP contribution in [0.2, 0.25) is 0 Å². The molecular formula is C23H38O. The first kappa shape index (κ1) is 18.2. The lowest BCUT2D eigenvalue weighted by Gasteiger charge is -2.39. The number of hydrogen-bond acceptors (Lipinski definition) is 1. The second kappa shape index (κ2) is 9.20. The van der Waals surface area contributed by atoms with Gasteiger partial charge >= 0.3 is 0 Å². The van der Waals surface area contributed by atoms with Gasteiger partial charge in [0.1, 0.15) is 5.78 Å². The number of allylic oxidation sites excluding steroid dienone is 2. The fourth-order valence-corrected chi connectivity index (χ4v) is 5.62. The largest absolute Gasteiger partial charge is 0.299 e. The highest BCUT2D eigenvalue weighted by atomic mass is 16.1. The fourth-order valence-electron chi connectivity index (χ4n) is 5.62. The van der Waals surface area contributed by atoms with Gasteiger partial charge in [-0.15, -0.1) is 0 Å². The van der Waals surface area contributed by atoms with Crippen molar-refractivity contribution in [3.8, 4) is 0 Å². The van der Waals surface area contributed by atoms with Crippen LogP contribution in [-0.2, 0) is 4.79 Å². The van der Waals surface area contributed by atoms with Crippen molar-refractivity contribution in [2.45, 2.75) is 103 Å². The van der Waals surface area contributed by atoms with Gasteiger partial charge in [0, 0.05) is 12.8 Å². The van der Waals surface area contributed by atoms with E-state index in [1.807, 2.05) is 0 Å². The molecule has 0 aliphatic heterocycles. The van der Waals surface area contributed by atoms with Gasteiger partial charge in [0.05, 0.1) is 0 Å². The first-order valence-electron chi connectivity index (χ1n) is 11.0. The highest BCUT2D eigenvalue weighted by Gasteiger charge is 2.34. The Kier molecular flexibility index (Phi) is 6.98. The van der Waals surface area contributed by atoms with Crippen molar-refractivity contribution in [3.63, 3.8) is 0 Å². The maximum atomic E-state index is 11.6. The van der Waals surface area contributed by atoms with Gasteiger partial charge in [-0.3, -0.25) is 4.79 Å². The molecule has 2 atom stereocenters. The Bertz CT molecular complexity index is 427. The van der Waals surface area contributed by atoms with Gasteiger partial charge in [0.15, 0.2) is 0 Å². The molecular weight excluding hydrogens is 292 g/mol. The van der Waals surface area contributed by atoms with Crippen LogP contribution in [0, 0.1) is 23.7 Å². The van der Waals surface area contributed by atoms with Gasteiger partial charge in [-0.2, -0.15) is 0 Å². The first-order valence-corrected chi connectivity index (χ1v) is 11.0. The van der Waals surface area contributed by atoms with E-state index in [-0.39, 0.29) is 0 Å². The van der Waals surface area contributed by atoms with E-state index in [2.05, 4.69) is 13.0 Å². The molecule has 24 heavy (non-hydrogen) atoms. The molecule has 0 amide bonds. The summed E-state index contributed by atoms with van der Waals surface area (Å²) in [6.45, 7) is 2.30. The smallest absolute Gasteiger partial charge is 0.136 e. The monoisotopic (exact) mass is 330 g/mol. The average Bonchev–Trinajstić information content (AvgIpc) is 2.62. The van der Waals surface area contributed by atoms with Gasteiger partial charge in [-0.1, -0.05) is 69.9 Å². The van der Waals surface area contributed by atoms with Gasteiger partial charge in [-0.25, -0.2) is 0 Å². The highest BCUT2D eigenvalue weighted by molar-refractivity contribution is 5.82. The lowest BCUT2D eigenvalue weighted by molar-refractivity contribution is -0.119. The van der Waals surface area contributed by atoms with Crippen LogP contribution in [0.25, 0.3) is 0 Å². The van der Waals surface area contributed by atoms with Gasteiger partial charge in [-0.05, 0) is 55.8 Å². The van der Waals surface area contributed by atoms with Crippen LogP contribution in [0.15, 0.2) is 11.6 Å². The van der Waals surface area contributed by atoms with E-state index < -0.39 is 0 Å². The van der Waals surface area contributed by atoms with Crippen molar-refractivity contribution >= 4 is 5.78 Å². The summed E-state index contributed by atoms with van der Waals surface area (Å²) in [7, 11) is 0. The maximum Gasteiger partial charge on any atom is 0.136 e. The lowest BCUT2D eigenvalue weighted by Crippen LogP contribution is -2.29. The van der Waals surface area contributed by atoms with E-state index in [0.29, 0.717) is 5.78 Å². The van der Waals surface area contributed by atoms with Crippen LogP contribution in [0.1, 0.15) is 103 Å². The van der Waals surface area contributed by atoms with E-state index in [1.54, 1.807) is 0 Å². The minimum Gasteiger partial charge on any atom is -0.299 e. The molecule has 0 spiro atoms. The van der Waals surface area contributed by atoms with E-state index in [9.17, 15) is 4.79 Å². The van der Waals surface area contributed by atoms with Crippen LogP contribution in [0.5, 0.6) is 0 Å². The summed E-state index contributed by atoms with van der Waals surface area (Å²) in [5.41, 5.74) is 1.50. The quantitative estimate of drug-likeness (QED) is 0.368. The van der Waals surface area contributed by atoms with Crippen molar-refractivity contribution in [2.75, 3.05) is 0 Å². The third-order valence-corrected chi connectivity index (χ3v) is 7.24. The molecule has 0 bridgehead atoms. The van der Waals surface area contributed by atoms with Crippen molar-refractivity contribution in [2.24, 2.45) is 23.7 Å². The Morgan fingerprint density at radius 1 is 0.958 bits per heavy atom. The van der Waals surface area contributed by atoms with Crippen LogP contribution in [-0.4, -0.2) is 5.78 Å². The zero-order chi connectivity index (χ0) is 16.8. The molecule has 1 nitrogen and oxygen atoms in total. The van der Waals surface area contributed by atoms with E-state index in [1.165, 1.54) is 82.6 Å². The molecule has 0 aromatic carbocycles. The second-order valence-corrected chi connectivity index (χ2v) is 8.95. The minimum atomic E-state index is 0.482. The molecule has 2 saturated carbocycles. The topological polar surface area (TPSA) is 17.1 Å². The molecule has 0 aromatic heterocycles. The first-order chi connectivity index (χ1) is 11.8. The standard InChI is InChI=1S/C23H38O/c1-2-3-4-5-6-7-18-8-10-19(11-9-18)20-12-13-22-17-23(24)15-14-21(22)16-20/h13,18-21H,2-12,14-17H2,1H3. The summed E-state index contributed by atoms with van der Waals surface area (Å²) in [5.74, 6) is 4.19. The van der Waals surface area contributed by atoms with Crippen LogP contribution in [0.4, 0.5) is 0 Å². The zero-order valence-corrected chi connectivity index (χ0v) is 15.9. The van der Waals surface area contributed by atoms with Crippen LogP contribution in [0.3, 0.4) is 0 Å². The zero-order valence-electron chi connectivity index (χ0n) is 15.9. The normalized spacial score (nSPS) is 33.9. The Labute approximate surface area is 149 Å². The molecule has 0 heterocycles. The number of hydrogen-bond donors (Lipinski definition) is 0. The summed E-state index contributed by atoms with van der Waals surface area (Å²) in [6, 6.07) is 0. The number of rotatable bonds is 7. The molecule has 136 valence electrons. The highest BCUT2D eigenvalue weighted by Crippen LogP contribution is 2.45. The molecule has 0 N–H and O–H groups in total. The lowest BCUT2D eigenvalue weighted by atomic mass is 9.66. The Morgan fingerprint density at radius 3 is 2.54 bits per heavy atom. The Hall–Kier alpha value is -0.590. The second-order valence-electron chi connectivity index (χ2n) is 8.95. The van der Waals surface area contributed by atoms with E-state index >= 15 is 0 Å². The molecule has 0 saturated heterocycles. The molecule has 3 aliphatic carbocycles. The average molecular weight is 331 g/mol. The van der Waals surface area contributed by atoms with Crippen molar-refractivity contribution in [3.05, 3.63) is 11.6 Å². The number of carbonyl (C=O) groups is 1. The van der Waals surface area contributed by atoms with E-state index in [4.69, 9.17) is 0 Å². The molecule has 2 fully saturated rings. The van der Waals surface area contributed by atoms with Crippen molar-refractivity contribution < 1.29 is 4.79 Å². The summed E-state index contributed by atoms with van der Waals surface area (Å²) >= 11 is 0. The van der Waals surface area contributed by atoms with Gasteiger partial charge < -0.3 is 0 Å². The number of fused-ring (bicyclic) bond motifs is 1. The molecule has 3 rings (SSSR count). The number of ketones is 1. The van der Waals surface area contributed by atoms with E-state index in [0.717, 1.165) is 42.9 Å². The minimum absolute atomic E-state index is 0.482. The van der Waals surface area contributed by atoms with Crippen LogP contribution < -0.4 is 0 Å². The molecule has 2 unspecified atom stereocenters. The van der Waals surface area contributed by atoms with Gasteiger partial charge in [0.2, 0.25) is 0 Å². The number of Topliss-reactive ketones (excluding diaryl/α,β-unsaturated/α-hetero) is 1. The molecule has 1 heteroatoms. The summed E-state index contributed by atoms with van der Waals surface area (Å²) < 4.78 is 0. The third-order valence-electron chi connectivity index (χ3n) is 7.24.